The molecule has 38 heavy (non-hydrogen) atoms. The van der Waals surface area contributed by atoms with Crippen LogP contribution in [0.1, 0.15) is 28.3 Å². The molecule has 1 saturated heterocycles. The number of benzene rings is 3. The first-order chi connectivity index (χ1) is 18.4. The van der Waals surface area contributed by atoms with E-state index in [4.69, 9.17) is 18.9 Å². The van der Waals surface area contributed by atoms with Gasteiger partial charge in [0.1, 0.15) is 18.1 Å². The lowest BCUT2D eigenvalue weighted by atomic mass is 9.95. The highest BCUT2D eigenvalue weighted by atomic mass is 16.5. The zero-order valence-corrected chi connectivity index (χ0v) is 21.9. The van der Waals surface area contributed by atoms with Crippen molar-refractivity contribution in [2.75, 3.05) is 34.5 Å². The van der Waals surface area contributed by atoms with Gasteiger partial charge in [-0.05, 0) is 48.4 Å². The van der Waals surface area contributed by atoms with E-state index in [-0.39, 0.29) is 24.5 Å². The van der Waals surface area contributed by atoms with E-state index < -0.39 is 17.7 Å². The molecule has 4 rings (SSSR count). The van der Waals surface area contributed by atoms with Crippen molar-refractivity contribution in [2.45, 2.75) is 19.6 Å². The van der Waals surface area contributed by atoms with E-state index in [1.807, 2.05) is 31.2 Å². The van der Waals surface area contributed by atoms with E-state index in [0.29, 0.717) is 35.0 Å². The number of carbonyl (C=O) groups excluding carboxylic acids is 2. The Hall–Kier alpha value is -4.30. The van der Waals surface area contributed by atoms with Gasteiger partial charge < -0.3 is 29.0 Å². The first-order valence-electron chi connectivity index (χ1n) is 12.2. The summed E-state index contributed by atoms with van der Waals surface area (Å²) in [5.74, 6) is -0.261. The largest absolute Gasteiger partial charge is 0.507 e. The molecular weight excluding hydrogens is 486 g/mol. The summed E-state index contributed by atoms with van der Waals surface area (Å²) in [6.45, 7) is 2.85. The Morgan fingerprint density at radius 1 is 0.895 bits per heavy atom. The van der Waals surface area contributed by atoms with Crippen LogP contribution in [0.2, 0.25) is 0 Å². The predicted octanol–water partition coefficient (Wildman–Crippen LogP) is 4.66. The van der Waals surface area contributed by atoms with E-state index >= 15 is 0 Å². The Kier molecular flexibility index (Phi) is 8.33. The van der Waals surface area contributed by atoms with Gasteiger partial charge in [0.2, 0.25) is 0 Å². The molecule has 1 heterocycles. The summed E-state index contributed by atoms with van der Waals surface area (Å²) < 4.78 is 21.7. The summed E-state index contributed by atoms with van der Waals surface area (Å²) >= 11 is 0. The van der Waals surface area contributed by atoms with Crippen molar-refractivity contribution in [1.82, 2.24) is 4.90 Å². The molecule has 1 N–H and O–H groups in total. The third-order valence-electron chi connectivity index (χ3n) is 6.46. The Morgan fingerprint density at radius 2 is 1.58 bits per heavy atom. The number of Topliss-reactive ketones (excluding diaryl/α,β-unsaturated/α-hetero) is 1. The van der Waals surface area contributed by atoms with E-state index in [0.717, 1.165) is 5.56 Å². The molecule has 1 aliphatic rings. The van der Waals surface area contributed by atoms with Gasteiger partial charge in [0.15, 0.2) is 11.5 Å². The first-order valence-corrected chi connectivity index (χ1v) is 12.2. The van der Waals surface area contributed by atoms with Crippen molar-refractivity contribution in [3.63, 3.8) is 0 Å². The third kappa shape index (κ3) is 5.50. The molecule has 3 aromatic rings. The standard InChI is InChI=1S/C30H31NO7/c1-19-5-7-20(8-6-19)18-38-23-12-9-21(10-13-23)27-26(29(33)30(34)31(27)15-16-35-2)28(32)22-11-14-24(36-3)25(17-22)37-4/h5-14,17,27,32H,15-16,18H2,1-4H3/b28-26-. The number of methoxy groups -OCH3 is 3. The first kappa shape index (κ1) is 26.8. The molecule has 8 heteroatoms. The molecule has 0 saturated carbocycles. The number of carbonyl (C=O) groups is 2. The maximum Gasteiger partial charge on any atom is 0.295 e. The zero-order chi connectivity index (χ0) is 27.2. The van der Waals surface area contributed by atoms with Gasteiger partial charge in [0, 0.05) is 19.2 Å². The molecule has 0 aromatic heterocycles. The monoisotopic (exact) mass is 517 g/mol. The van der Waals surface area contributed by atoms with E-state index in [9.17, 15) is 14.7 Å². The fraction of sp³-hybridized carbons (Fsp3) is 0.267. The van der Waals surface area contributed by atoms with E-state index in [1.165, 1.54) is 31.8 Å². The number of likely N-dealkylation sites (tertiary alicyclic amines) is 1. The van der Waals surface area contributed by atoms with Crippen LogP contribution in [0, 0.1) is 6.92 Å². The third-order valence-corrected chi connectivity index (χ3v) is 6.46. The van der Waals surface area contributed by atoms with Crippen molar-refractivity contribution >= 4 is 17.4 Å². The second kappa shape index (κ2) is 11.8. The van der Waals surface area contributed by atoms with Gasteiger partial charge in [0.05, 0.1) is 32.4 Å². The summed E-state index contributed by atoms with van der Waals surface area (Å²) in [6.07, 6.45) is 0. The summed E-state index contributed by atoms with van der Waals surface area (Å²) in [5, 5.41) is 11.3. The second-order valence-electron chi connectivity index (χ2n) is 8.90. The normalized spacial score (nSPS) is 16.5. The van der Waals surface area contributed by atoms with Gasteiger partial charge in [-0.15, -0.1) is 0 Å². The molecule has 1 amide bonds. The number of ether oxygens (including phenoxy) is 4. The maximum atomic E-state index is 13.2. The number of hydrogen-bond acceptors (Lipinski definition) is 7. The molecule has 198 valence electrons. The highest BCUT2D eigenvalue weighted by Gasteiger charge is 2.45. The highest BCUT2D eigenvalue weighted by Crippen LogP contribution is 2.41. The van der Waals surface area contributed by atoms with Crippen LogP contribution in [0.15, 0.2) is 72.3 Å². The summed E-state index contributed by atoms with van der Waals surface area (Å²) in [5.41, 5.74) is 3.20. The molecule has 0 spiro atoms. The molecule has 0 radical (unpaired) electrons. The quantitative estimate of drug-likeness (QED) is 0.237. The van der Waals surface area contributed by atoms with Crippen LogP contribution in [0.3, 0.4) is 0 Å². The molecule has 1 unspecified atom stereocenters. The molecule has 0 bridgehead atoms. The number of hydrogen-bond donors (Lipinski definition) is 1. The maximum absolute atomic E-state index is 13.2. The van der Waals surface area contributed by atoms with Gasteiger partial charge >= 0.3 is 0 Å². The van der Waals surface area contributed by atoms with Crippen LogP contribution in [0.25, 0.3) is 5.76 Å². The van der Waals surface area contributed by atoms with Crippen LogP contribution in [0.5, 0.6) is 17.2 Å². The van der Waals surface area contributed by atoms with Crippen molar-refractivity contribution in [3.05, 3.63) is 94.6 Å². The lowest BCUT2D eigenvalue weighted by Gasteiger charge is -2.25. The lowest BCUT2D eigenvalue weighted by molar-refractivity contribution is -0.140. The lowest BCUT2D eigenvalue weighted by Crippen LogP contribution is -2.32. The predicted molar refractivity (Wildman–Crippen MR) is 142 cm³/mol. The number of rotatable bonds is 10. The molecule has 1 aliphatic heterocycles. The molecule has 3 aromatic carbocycles. The van der Waals surface area contributed by atoms with Crippen LogP contribution in [-0.2, 0) is 20.9 Å². The molecule has 0 aliphatic carbocycles. The number of amides is 1. The number of aliphatic hydroxyl groups excluding tert-OH is 1. The Labute approximate surface area is 222 Å². The average Bonchev–Trinajstić information content (AvgIpc) is 3.20. The fourth-order valence-corrected chi connectivity index (χ4v) is 4.38. The SMILES string of the molecule is COCCN1C(=O)C(=O)/C(=C(\O)c2ccc(OC)c(OC)c2)C1c1ccc(OCc2ccc(C)cc2)cc1. The van der Waals surface area contributed by atoms with Crippen LogP contribution in [0.4, 0.5) is 0 Å². The van der Waals surface area contributed by atoms with Crippen LogP contribution in [-0.4, -0.2) is 56.2 Å². The second-order valence-corrected chi connectivity index (χ2v) is 8.90. The molecular formula is C30H31NO7. The minimum absolute atomic E-state index is 0.00773. The minimum atomic E-state index is -0.801. The minimum Gasteiger partial charge on any atom is -0.507 e. The van der Waals surface area contributed by atoms with Gasteiger partial charge in [-0.3, -0.25) is 9.59 Å². The van der Waals surface area contributed by atoms with Gasteiger partial charge in [-0.25, -0.2) is 0 Å². The number of nitrogens with zero attached hydrogens (tertiary/aromatic N) is 1. The molecule has 1 atom stereocenters. The highest BCUT2D eigenvalue weighted by molar-refractivity contribution is 6.46. The van der Waals surface area contributed by atoms with Crippen molar-refractivity contribution in [1.29, 1.82) is 0 Å². The number of ketones is 1. The summed E-state index contributed by atoms with van der Waals surface area (Å²) in [6, 6.07) is 19.3. The summed E-state index contributed by atoms with van der Waals surface area (Å²) in [7, 11) is 4.51. The van der Waals surface area contributed by atoms with Crippen LogP contribution >= 0.6 is 0 Å². The molecule has 8 nitrogen and oxygen atoms in total. The smallest absolute Gasteiger partial charge is 0.295 e. The average molecular weight is 518 g/mol. The van der Waals surface area contributed by atoms with Gasteiger partial charge in [0.25, 0.3) is 11.7 Å². The Balaban J connectivity index is 1.68. The topological polar surface area (TPSA) is 94.5 Å². The van der Waals surface area contributed by atoms with Crippen LogP contribution < -0.4 is 14.2 Å². The fourth-order valence-electron chi connectivity index (χ4n) is 4.38. The zero-order valence-electron chi connectivity index (χ0n) is 21.9. The Morgan fingerprint density at radius 3 is 2.21 bits per heavy atom. The Bertz CT molecular complexity index is 1330. The van der Waals surface area contributed by atoms with Crippen molar-refractivity contribution in [3.8, 4) is 17.2 Å². The summed E-state index contributed by atoms with van der Waals surface area (Å²) in [4.78, 5) is 27.6. The number of aryl methyl sites for hydroxylation is 1. The van der Waals surface area contributed by atoms with Gasteiger partial charge in [-0.1, -0.05) is 42.0 Å². The van der Waals surface area contributed by atoms with E-state index in [1.54, 1.807) is 42.5 Å². The van der Waals surface area contributed by atoms with E-state index in [2.05, 4.69) is 0 Å². The van der Waals surface area contributed by atoms with Crippen molar-refractivity contribution in [2.24, 2.45) is 0 Å². The van der Waals surface area contributed by atoms with Gasteiger partial charge in [-0.2, -0.15) is 0 Å². The molecule has 1 fully saturated rings. The number of aliphatic hydroxyl groups is 1. The van der Waals surface area contributed by atoms with Crippen molar-refractivity contribution < 1.29 is 33.6 Å².